The third kappa shape index (κ3) is 4.91. The summed E-state index contributed by atoms with van der Waals surface area (Å²) in [5.74, 6) is 0.0931. The van der Waals surface area contributed by atoms with E-state index in [1.54, 1.807) is 32.7 Å². The first-order valence-electron chi connectivity index (χ1n) is 10.2. The second-order valence-electron chi connectivity index (χ2n) is 8.40. The number of likely N-dealkylation sites (N-methyl/N-ethyl adjacent to an activating group) is 1. The largest absolute Gasteiger partial charge is 0.316 e. The Bertz CT molecular complexity index is 1000. The lowest BCUT2D eigenvalue weighted by Gasteiger charge is -2.22. The third-order valence-corrected chi connectivity index (χ3v) is 7.69. The predicted molar refractivity (Wildman–Crippen MR) is 122 cm³/mol. The maximum atomic E-state index is 12.4. The smallest absolute Gasteiger partial charge is 0.223 e. The van der Waals surface area contributed by atoms with Crippen LogP contribution < -0.4 is 9.62 Å². The molecule has 162 valence electrons. The monoisotopic (exact) mass is 429 g/mol. The highest BCUT2D eigenvalue weighted by molar-refractivity contribution is 7.90. The number of carbonyl (C=O) groups is 1. The molecule has 1 aliphatic rings. The number of carbonyl (C=O) groups excluding carboxylic acids is 1. The molecule has 2 aromatic rings. The van der Waals surface area contributed by atoms with Crippen molar-refractivity contribution in [2.24, 2.45) is 0 Å². The van der Waals surface area contributed by atoms with Crippen molar-refractivity contribution in [1.29, 1.82) is 0 Å². The van der Waals surface area contributed by atoms with Gasteiger partial charge in [0.2, 0.25) is 15.9 Å². The average molecular weight is 430 g/mol. The second kappa shape index (κ2) is 8.88. The van der Waals surface area contributed by atoms with E-state index in [0.29, 0.717) is 6.54 Å². The van der Waals surface area contributed by atoms with Crippen LogP contribution in [0.25, 0.3) is 11.1 Å². The minimum Gasteiger partial charge on any atom is -0.316 e. The number of hydrogen-bond donors (Lipinski definition) is 1. The van der Waals surface area contributed by atoms with Crippen LogP contribution >= 0.6 is 0 Å². The number of benzene rings is 2. The van der Waals surface area contributed by atoms with Crippen LogP contribution in [0.4, 0.5) is 5.69 Å². The molecule has 1 amide bonds. The summed E-state index contributed by atoms with van der Waals surface area (Å²) in [6.45, 7) is 6.44. The summed E-state index contributed by atoms with van der Waals surface area (Å²) >= 11 is 0. The molecule has 6 nitrogen and oxygen atoms in total. The van der Waals surface area contributed by atoms with E-state index in [1.807, 2.05) is 31.3 Å². The first-order chi connectivity index (χ1) is 14.1. The Morgan fingerprint density at radius 1 is 1.10 bits per heavy atom. The van der Waals surface area contributed by atoms with Crippen molar-refractivity contribution in [1.82, 2.24) is 9.62 Å². The van der Waals surface area contributed by atoms with Gasteiger partial charge in [0.25, 0.3) is 0 Å². The molecule has 0 aliphatic carbocycles. The van der Waals surface area contributed by atoms with E-state index < -0.39 is 15.3 Å². The predicted octanol–water partition coefficient (Wildman–Crippen LogP) is 3.06. The Balaban J connectivity index is 1.83. The highest BCUT2D eigenvalue weighted by Gasteiger charge is 2.35. The SMILES string of the molecule is CC(=O)N(C)c1cccc(-c2ccc([C@H]3CN(C)C[C@@H]3NS(=O)(=O)C(C)C)cc2)c1. The molecular formula is C23H31N3O3S. The molecule has 7 heteroatoms. The zero-order chi connectivity index (χ0) is 22.1. The van der Waals surface area contributed by atoms with E-state index in [4.69, 9.17) is 0 Å². The molecule has 1 heterocycles. The van der Waals surface area contributed by atoms with Crippen LogP contribution in [0.5, 0.6) is 0 Å². The summed E-state index contributed by atoms with van der Waals surface area (Å²) in [7, 11) is 0.453. The molecule has 2 atom stereocenters. The molecule has 30 heavy (non-hydrogen) atoms. The van der Waals surface area contributed by atoms with E-state index >= 15 is 0 Å². The molecule has 2 aromatic carbocycles. The lowest BCUT2D eigenvalue weighted by molar-refractivity contribution is -0.116. The van der Waals surface area contributed by atoms with E-state index in [0.717, 1.165) is 28.9 Å². The fraction of sp³-hybridized carbons (Fsp3) is 0.435. The standard InChI is InChI=1S/C23H31N3O3S/c1-16(2)30(28,29)24-23-15-25(4)14-22(23)19-11-9-18(10-12-19)20-7-6-8-21(13-20)26(5)17(3)27/h6-13,16,22-24H,14-15H2,1-5H3/t22-,23+/m1/s1. The normalized spacial score (nSPS) is 19.9. The topological polar surface area (TPSA) is 69.7 Å². The van der Waals surface area contributed by atoms with Gasteiger partial charge < -0.3 is 9.80 Å². The number of anilines is 1. The van der Waals surface area contributed by atoms with Gasteiger partial charge in [0, 0.05) is 44.7 Å². The number of nitrogens with one attached hydrogen (secondary N) is 1. The number of sulfonamides is 1. The number of rotatable bonds is 6. The Labute approximate surface area is 179 Å². The summed E-state index contributed by atoms with van der Waals surface area (Å²) < 4.78 is 27.7. The molecule has 1 saturated heterocycles. The number of nitrogens with zero attached hydrogens (tertiary/aromatic N) is 2. The molecule has 0 bridgehead atoms. The Morgan fingerprint density at radius 3 is 2.37 bits per heavy atom. The molecule has 1 N–H and O–H groups in total. The van der Waals surface area contributed by atoms with Crippen molar-refractivity contribution in [3.05, 3.63) is 54.1 Å². The van der Waals surface area contributed by atoms with Gasteiger partial charge in [-0.2, -0.15) is 0 Å². The van der Waals surface area contributed by atoms with Gasteiger partial charge in [-0.25, -0.2) is 13.1 Å². The maximum Gasteiger partial charge on any atom is 0.223 e. The van der Waals surface area contributed by atoms with Crippen LogP contribution in [0.2, 0.25) is 0 Å². The molecule has 1 aliphatic heterocycles. The summed E-state index contributed by atoms with van der Waals surface area (Å²) in [5, 5.41) is -0.452. The van der Waals surface area contributed by atoms with Crippen molar-refractivity contribution in [2.45, 2.75) is 38.0 Å². The van der Waals surface area contributed by atoms with E-state index in [2.05, 4.69) is 33.9 Å². The van der Waals surface area contributed by atoms with Crippen molar-refractivity contribution < 1.29 is 13.2 Å². The van der Waals surface area contributed by atoms with Crippen molar-refractivity contribution in [3.8, 4) is 11.1 Å². The van der Waals surface area contributed by atoms with Gasteiger partial charge >= 0.3 is 0 Å². The van der Waals surface area contributed by atoms with Crippen molar-refractivity contribution in [2.75, 3.05) is 32.1 Å². The quantitative estimate of drug-likeness (QED) is 0.766. The van der Waals surface area contributed by atoms with Gasteiger partial charge in [-0.1, -0.05) is 36.4 Å². The van der Waals surface area contributed by atoms with Gasteiger partial charge in [0.15, 0.2) is 0 Å². The number of likely N-dealkylation sites (tertiary alicyclic amines) is 1. The highest BCUT2D eigenvalue weighted by Crippen LogP contribution is 2.30. The van der Waals surface area contributed by atoms with Gasteiger partial charge in [0.1, 0.15) is 0 Å². The van der Waals surface area contributed by atoms with Crippen LogP contribution in [0, 0.1) is 0 Å². The van der Waals surface area contributed by atoms with E-state index in [-0.39, 0.29) is 17.9 Å². The van der Waals surface area contributed by atoms with Crippen LogP contribution in [0.1, 0.15) is 32.3 Å². The molecule has 0 unspecified atom stereocenters. The van der Waals surface area contributed by atoms with Gasteiger partial charge in [-0.3, -0.25) is 4.79 Å². The minimum atomic E-state index is -3.33. The Hall–Kier alpha value is -2.22. The Morgan fingerprint density at radius 2 is 1.77 bits per heavy atom. The van der Waals surface area contributed by atoms with Gasteiger partial charge in [-0.05, 0) is 49.7 Å². The zero-order valence-electron chi connectivity index (χ0n) is 18.3. The molecule has 0 spiro atoms. The highest BCUT2D eigenvalue weighted by atomic mass is 32.2. The van der Waals surface area contributed by atoms with Crippen LogP contribution in [-0.2, 0) is 14.8 Å². The van der Waals surface area contributed by atoms with E-state index in [1.165, 1.54) is 0 Å². The molecule has 0 aromatic heterocycles. The van der Waals surface area contributed by atoms with Crippen LogP contribution in [-0.4, -0.2) is 57.7 Å². The van der Waals surface area contributed by atoms with Gasteiger partial charge in [0.05, 0.1) is 5.25 Å². The summed E-state index contributed by atoms with van der Waals surface area (Å²) in [5.41, 5.74) is 4.07. The molecule has 0 saturated carbocycles. The Kier molecular flexibility index (Phi) is 6.65. The van der Waals surface area contributed by atoms with Crippen LogP contribution in [0.15, 0.2) is 48.5 Å². The lowest BCUT2D eigenvalue weighted by atomic mass is 9.93. The first kappa shape index (κ1) is 22.5. The number of amides is 1. The fourth-order valence-corrected chi connectivity index (χ4v) is 4.74. The zero-order valence-corrected chi connectivity index (χ0v) is 19.1. The van der Waals surface area contributed by atoms with Crippen molar-refractivity contribution in [3.63, 3.8) is 0 Å². The fourth-order valence-electron chi connectivity index (χ4n) is 3.80. The third-order valence-electron chi connectivity index (χ3n) is 5.82. The lowest BCUT2D eigenvalue weighted by Crippen LogP contribution is -2.42. The summed E-state index contributed by atoms with van der Waals surface area (Å²) in [4.78, 5) is 15.4. The summed E-state index contributed by atoms with van der Waals surface area (Å²) in [6, 6.07) is 16.0. The molecule has 1 fully saturated rings. The van der Waals surface area contributed by atoms with Gasteiger partial charge in [-0.15, -0.1) is 0 Å². The molecule has 3 rings (SSSR count). The number of hydrogen-bond acceptors (Lipinski definition) is 4. The second-order valence-corrected chi connectivity index (χ2v) is 10.7. The first-order valence-corrected chi connectivity index (χ1v) is 11.8. The van der Waals surface area contributed by atoms with Crippen LogP contribution in [0.3, 0.4) is 0 Å². The molecular weight excluding hydrogens is 398 g/mol. The average Bonchev–Trinajstić information content (AvgIpc) is 3.06. The molecule has 0 radical (unpaired) electrons. The minimum absolute atomic E-state index is 0.0113. The summed E-state index contributed by atoms with van der Waals surface area (Å²) in [6.07, 6.45) is 0. The maximum absolute atomic E-state index is 12.4. The van der Waals surface area contributed by atoms with E-state index in [9.17, 15) is 13.2 Å². The van der Waals surface area contributed by atoms with Crippen molar-refractivity contribution >= 4 is 21.6 Å².